The molecular weight excluding hydrogens is 494 g/mol. The third-order valence-electron chi connectivity index (χ3n) is 5.89. The average molecular weight is 514 g/mol. The van der Waals surface area contributed by atoms with Gasteiger partial charge in [-0.2, -0.15) is 0 Å². The number of hydrogen-bond donors (Lipinski definition) is 1. The minimum atomic E-state index is -0.505. The number of nitrogens with zero attached hydrogens (tertiary/aromatic N) is 2. The quantitative estimate of drug-likeness (QED) is 0.110. The molecule has 4 aromatic carbocycles. The Hall–Kier alpha value is -4.08. The van der Waals surface area contributed by atoms with E-state index in [9.17, 15) is 19.7 Å². The smallest absolute Gasteiger partial charge is 0.269 e. The van der Waals surface area contributed by atoms with E-state index in [2.05, 4.69) is 11.4 Å². The van der Waals surface area contributed by atoms with Crippen LogP contribution in [0.4, 0.5) is 11.4 Å². The van der Waals surface area contributed by atoms with Crippen LogP contribution in [0.3, 0.4) is 0 Å². The number of carbonyl (C=O) groups is 2. The molecular formula is C27H19N3O4S2. The second-order valence-electron chi connectivity index (χ2n) is 8.17. The lowest BCUT2D eigenvalue weighted by molar-refractivity contribution is -0.384. The molecule has 5 rings (SSSR count). The van der Waals surface area contributed by atoms with Gasteiger partial charge in [-0.3, -0.25) is 24.6 Å². The van der Waals surface area contributed by atoms with Crippen LogP contribution in [0.2, 0.25) is 0 Å². The highest BCUT2D eigenvalue weighted by Crippen LogP contribution is 2.36. The number of hydrogen-bond acceptors (Lipinski definition) is 6. The van der Waals surface area contributed by atoms with E-state index in [0.717, 1.165) is 27.1 Å². The fraction of sp³-hybridized carbons (Fsp3) is 0.0741. The summed E-state index contributed by atoms with van der Waals surface area (Å²) < 4.78 is 0.402. The van der Waals surface area contributed by atoms with Gasteiger partial charge in [-0.25, -0.2) is 0 Å². The number of non-ortho nitro benzene ring substituents is 1. The number of nitro groups is 1. The number of fused-ring (bicyclic) bond motifs is 2. The number of thioether (sulfide) groups is 1. The van der Waals surface area contributed by atoms with E-state index in [1.807, 2.05) is 54.6 Å². The first-order valence-corrected chi connectivity index (χ1v) is 12.3. The topological polar surface area (TPSA) is 92.6 Å². The summed E-state index contributed by atoms with van der Waals surface area (Å²) in [7, 11) is 0. The third-order valence-corrected chi connectivity index (χ3v) is 7.26. The van der Waals surface area contributed by atoms with Crippen molar-refractivity contribution in [2.45, 2.75) is 6.42 Å². The number of rotatable bonds is 6. The Labute approximate surface area is 215 Å². The second kappa shape index (κ2) is 9.88. The van der Waals surface area contributed by atoms with Gasteiger partial charge in [-0.1, -0.05) is 72.5 Å². The van der Waals surface area contributed by atoms with Crippen LogP contribution < -0.4 is 5.32 Å². The second-order valence-corrected chi connectivity index (χ2v) is 9.84. The van der Waals surface area contributed by atoms with Crippen LogP contribution in [-0.2, 0) is 9.59 Å². The molecule has 0 aliphatic carbocycles. The highest BCUT2D eigenvalue weighted by molar-refractivity contribution is 8.26. The van der Waals surface area contributed by atoms with E-state index in [4.69, 9.17) is 12.2 Å². The molecule has 7 nitrogen and oxygen atoms in total. The van der Waals surface area contributed by atoms with E-state index >= 15 is 0 Å². The van der Waals surface area contributed by atoms with Crippen molar-refractivity contribution in [3.8, 4) is 0 Å². The molecule has 0 unspecified atom stereocenters. The van der Waals surface area contributed by atoms with Crippen molar-refractivity contribution >= 4 is 79.1 Å². The molecule has 1 aliphatic heterocycles. The molecule has 0 radical (unpaired) electrons. The number of amides is 2. The molecule has 178 valence electrons. The van der Waals surface area contributed by atoms with Crippen molar-refractivity contribution in [3.05, 3.63) is 99.4 Å². The highest BCUT2D eigenvalue weighted by Gasteiger charge is 2.32. The van der Waals surface area contributed by atoms with Crippen molar-refractivity contribution in [2.24, 2.45) is 0 Å². The van der Waals surface area contributed by atoms with Crippen LogP contribution in [0.15, 0.2) is 83.8 Å². The maximum atomic E-state index is 13.2. The van der Waals surface area contributed by atoms with Gasteiger partial charge in [0.15, 0.2) is 0 Å². The summed E-state index contributed by atoms with van der Waals surface area (Å²) in [6.07, 6.45) is 1.93. The molecule has 9 heteroatoms. The fourth-order valence-electron chi connectivity index (χ4n) is 4.13. The standard InChI is InChI=1S/C27H19N3O4S2/c31-25(28-19-9-11-20(12-10-19)30(33)34)13-14-29-26(32)24(36-27(29)35)16-23-21-7-3-1-5-17(21)15-18-6-2-4-8-22(18)23/h1-12,15-16H,13-14H2,(H,28,31)/b24-16-. The lowest BCUT2D eigenvalue weighted by atomic mass is 9.96. The van der Waals surface area contributed by atoms with Gasteiger partial charge in [0.05, 0.1) is 9.83 Å². The highest BCUT2D eigenvalue weighted by atomic mass is 32.2. The third kappa shape index (κ3) is 4.71. The Morgan fingerprint density at radius 2 is 1.61 bits per heavy atom. The molecule has 0 aromatic heterocycles. The van der Waals surface area contributed by atoms with Crippen LogP contribution in [0.1, 0.15) is 12.0 Å². The van der Waals surface area contributed by atoms with Gasteiger partial charge in [-0.05, 0) is 51.4 Å². The van der Waals surface area contributed by atoms with Crippen molar-refractivity contribution in [1.29, 1.82) is 0 Å². The first kappa shape index (κ1) is 23.7. The van der Waals surface area contributed by atoms with Gasteiger partial charge < -0.3 is 5.32 Å². The predicted molar refractivity (Wildman–Crippen MR) is 148 cm³/mol. The van der Waals surface area contributed by atoms with Crippen LogP contribution in [0, 0.1) is 10.1 Å². The molecule has 0 spiro atoms. The van der Waals surface area contributed by atoms with Gasteiger partial charge in [0, 0.05) is 30.8 Å². The zero-order chi connectivity index (χ0) is 25.2. The number of anilines is 1. The molecule has 1 saturated heterocycles. The van der Waals surface area contributed by atoms with E-state index in [0.29, 0.717) is 14.9 Å². The molecule has 1 N–H and O–H groups in total. The van der Waals surface area contributed by atoms with Gasteiger partial charge in [0.2, 0.25) is 5.91 Å². The molecule has 0 bridgehead atoms. The Morgan fingerprint density at radius 1 is 1.00 bits per heavy atom. The van der Waals surface area contributed by atoms with Gasteiger partial charge >= 0.3 is 0 Å². The first-order valence-electron chi connectivity index (χ1n) is 11.1. The summed E-state index contributed by atoms with van der Waals surface area (Å²) in [5.41, 5.74) is 1.34. The molecule has 0 atom stereocenters. The Kier molecular flexibility index (Phi) is 6.49. The summed E-state index contributed by atoms with van der Waals surface area (Å²) in [6, 6.07) is 23.8. The molecule has 0 saturated carbocycles. The van der Waals surface area contributed by atoms with E-state index in [-0.39, 0.29) is 30.5 Å². The summed E-state index contributed by atoms with van der Waals surface area (Å²) in [5.74, 6) is -0.549. The summed E-state index contributed by atoms with van der Waals surface area (Å²) in [4.78, 5) is 37.9. The van der Waals surface area contributed by atoms with Crippen LogP contribution in [0.25, 0.3) is 27.6 Å². The van der Waals surface area contributed by atoms with Gasteiger partial charge in [0.25, 0.3) is 11.6 Å². The zero-order valence-electron chi connectivity index (χ0n) is 18.8. The maximum absolute atomic E-state index is 13.2. The minimum Gasteiger partial charge on any atom is -0.326 e. The molecule has 1 aliphatic rings. The number of carbonyl (C=O) groups excluding carboxylic acids is 2. The van der Waals surface area contributed by atoms with E-state index in [1.54, 1.807) is 0 Å². The SMILES string of the molecule is O=C(CCN1C(=O)/C(=C/c2c3ccccc3cc3ccccc23)SC1=S)Nc1ccc([N+](=O)[O-])cc1. The lowest BCUT2D eigenvalue weighted by Gasteiger charge is -2.14. The van der Waals surface area contributed by atoms with Crippen molar-refractivity contribution in [2.75, 3.05) is 11.9 Å². The Bertz CT molecular complexity index is 1530. The van der Waals surface area contributed by atoms with E-state index in [1.165, 1.54) is 40.9 Å². The summed E-state index contributed by atoms with van der Waals surface area (Å²) >= 11 is 6.68. The van der Waals surface area contributed by atoms with Crippen molar-refractivity contribution < 1.29 is 14.5 Å². The van der Waals surface area contributed by atoms with Crippen LogP contribution in [-0.4, -0.2) is 32.5 Å². The predicted octanol–water partition coefficient (Wildman–Crippen LogP) is 6.13. The number of thiocarbonyl (C=S) groups is 1. The first-order chi connectivity index (χ1) is 17.4. The molecule has 4 aromatic rings. The average Bonchev–Trinajstić information content (AvgIpc) is 3.14. The summed E-state index contributed by atoms with van der Waals surface area (Å²) in [5, 5.41) is 17.7. The number of nitrogens with one attached hydrogen (secondary N) is 1. The van der Waals surface area contributed by atoms with Crippen LogP contribution >= 0.6 is 24.0 Å². The Morgan fingerprint density at radius 3 is 2.22 bits per heavy atom. The molecule has 1 heterocycles. The minimum absolute atomic E-state index is 0.0356. The number of nitro benzene ring substituents is 1. The Balaban J connectivity index is 1.34. The molecule has 1 fully saturated rings. The zero-order valence-corrected chi connectivity index (χ0v) is 20.5. The van der Waals surface area contributed by atoms with Crippen molar-refractivity contribution in [3.63, 3.8) is 0 Å². The molecule has 2 amide bonds. The number of benzene rings is 4. The van der Waals surface area contributed by atoms with Crippen molar-refractivity contribution in [1.82, 2.24) is 4.90 Å². The normalized spacial score (nSPS) is 14.7. The lowest BCUT2D eigenvalue weighted by Crippen LogP contribution is -2.31. The van der Waals surface area contributed by atoms with Gasteiger partial charge in [0.1, 0.15) is 4.32 Å². The fourth-order valence-corrected chi connectivity index (χ4v) is 5.42. The monoisotopic (exact) mass is 513 g/mol. The molecule has 36 heavy (non-hydrogen) atoms. The maximum Gasteiger partial charge on any atom is 0.269 e. The van der Waals surface area contributed by atoms with Crippen LogP contribution in [0.5, 0.6) is 0 Å². The van der Waals surface area contributed by atoms with Gasteiger partial charge in [-0.15, -0.1) is 0 Å². The largest absolute Gasteiger partial charge is 0.326 e. The van der Waals surface area contributed by atoms with E-state index < -0.39 is 4.92 Å². The summed E-state index contributed by atoms with van der Waals surface area (Å²) in [6.45, 7) is 0.136.